The number of hydrogen-bond acceptors (Lipinski definition) is 3. The van der Waals surface area contributed by atoms with Gasteiger partial charge < -0.3 is 10.6 Å². The highest BCUT2D eigenvalue weighted by atomic mass is 16.1. The molecule has 0 atom stereocenters. The smallest absolute Gasteiger partial charge is 0.234 e. The molecule has 0 aliphatic carbocycles. The molecule has 18 heavy (non-hydrogen) atoms. The minimum atomic E-state index is -0.0737. The summed E-state index contributed by atoms with van der Waals surface area (Å²) < 4.78 is 0. The molecule has 0 aliphatic rings. The van der Waals surface area contributed by atoms with Crippen LogP contribution in [0.5, 0.6) is 0 Å². The van der Waals surface area contributed by atoms with Crippen molar-refractivity contribution in [1.82, 2.24) is 10.6 Å². The molecule has 0 heterocycles. The van der Waals surface area contributed by atoms with E-state index in [2.05, 4.69) is 41.8 Å². The van der Waals surface area contributed by atoms with E-state index in [0.29, 0.717) is 19.5 Å². The summed E-state index contributed by atoms with van der Waals surface area (Å²) in [5.74, 6) is -0.0737. The molecule has 1 amide bonds. The molecule has 4 nitrogen and oxygen atoms in total. The standard InChI is InChI=1S/C14H19N3O/c1-2-12-4-6-13(7-5-12)10-16-11-14(18)17-9-3-8-15/h4-7,16H,2-3,9-11H2,1H3,(H,17,18). The summed E-state index contributed by atoms with van der Waals surface area (Å²) in [6, 6.07) is 10.3. The number of nitriles is 1. The van der Waals surface area contributed by atoms with Crippen LogP contribution < -0.4 is 10.6 Å². The van der Waals surface area contributed by atoms with Crippen LogP contribution in [0.2, 0.25) is 0 Å². The molecule has 0 radical (unpaired) electrons. The van der Waals surface area contributed by atoms with Crippen LogP contribution in [0.4, 0.5) is 0 Å². The summed E-state index contributed by atoms with van der Waals surface area (Å²) in [5, 5.41) is 14.1. The van der Waals surface area contributed by atoms with Gasteiger partial charge in [0, 0.05) is 13.1 Å². The number of nitrogens with zero attached hydrogens (tertiary/aromatic N) is 1. The lowest BCUT2D eigenvalue weighted by molar-refractivity contribution is -0.120. The van der Waals surface area contributed by atoms with Gasteiger partial charge in [-0.05, 0) is 17.5 Å². The maximum absolute atomic E-state index is 11.3. The highest BCUT2D eigenvalue weighted by Gasteiger charge is 1.99. The Morgan fingerprint density at radius 1 is 1.28 bits per heavy atom. The summed E-state index contributed by atoms with van der Waals surface area (Å²) in [5.41, 5.74) is 2.48. The van der Waals surface area contributed by atoms with Crippen molar-refractivity contribution < 1.29 is 4.79 Å². The van der Waals surface area contributed by atoms with Crippen molar-refractivity contribution in [3.05, 3.63) is 35.4 Å². The second-order valence-corrected chi connectivity index (χ2v) is 4.03. The van der Waals surface area contributed by atoms with E-state index in [9.17, 15) is 4.79 Å². The number of nitrogens with one attached hydrogen (secondary N) is 2. The maximum Gasteiger partial charge on any atom is 0.234 e. The van der Waals surface area contributed by atoms with E-state index in [1.54, 1.807) is 0 Å². The van der Waals surface area contributed by atoms with E-state index in [4.69, 9.17) is 5.26 Å². The number of carbonyl (C=O) groups excluding carboxylic acids is 1. The lowest BCUT2D eigenvalue weighted by atomic mass is 10.1. The summed E-state index contributed by atoms with van der Waals surface area (Å²) in [6.07, 6.45) is 1.39. The number of hydrogen-bond donors (Lipinski definition) is 2. The molecule has 0 aromatic heterocycles. The van der Waals surface area contributed by atoms with Crippen molar-refractivity contribution in [3.8, 4) is 6.07 Å². The van der Waals surface area contributed by atoms with Crippen LogP contribution in [-0.4, -0.2) is 19.0 Å². The fraction of sp³-hybridized carbons (Fsp3) is 0.429. The highest BCUT2D eigenvalue weighted by molar-refractivity contribution is 5.77. The number of rotatable bonds is 7. The van der Waals surface area contributed by atoms with Crippen LogP contribution in [0.1, 0.15) is 24.5 Å². The molecule has 96 valence electrons. The average molecular weight is 245 g/mol. The minimum Gasteiger partial charge on any atom is -0.354 e. The largest absolute Gasteiger partial charge is 0.354 e. The Morgan fingerprint density at radius 2 is 1.94 bits per heavy atom. The predicted octanol–water partition coefficient (Wildman–Crippen LogP) is 1.37. The molecule has 0 bridgehead atoms. The maximum atomic E-state index is 11.3. The Morgan fingerprint density at radius 3 is 2.56 bits per heavy atom. The minimum absolute atomic E-state index is 0.0737. The second kappa shape index (κ2) is 8.26. The molecule has 1 aromatic carbocycles. The van der Waals surface area contributed by atoms with Gasteiger partial charge in [-0.3, -0.25) is 4.79 Å². The van der Waals surface area contributed by atoms with Gasteiger partial charge >= 0.3 is 0 Å². The number of amides is 1. The number of carbonyl (C=O) groups is 1. The Balaban J connectivity index is 2.20. The first-order valence-electron chi connectivity index (χ1n) is 6.18. The van der Waals surface area contributed by atoms with Crippen LogP contribution in [0.3, 0.4) is 0 Å². The van der Waals surface area contributed by atoms with Crippen LogP contribution in [-0.2, 0) is 17.8 Å². The van der Waals surface area contributed by atoms with Gasteiger partial charge in [0.1, 0.15) is 0 Å². The van der Waals surface area contributed by atoms with Crippen LogP contribution in [0.25, 0.3) is 0 Å². The molecule has 1 aromatic rings. The van der Waals surface area contributed by atoms with Gasteiger partial charge in [0.15, 0.2) is 0 Å². The van der Waals surface area contributed by atoms with Crippen LogP contribution >= 0.6 is 0 Å². The average Bonchev–Trinajstić information content (AvgIpc) is 2.40. The quantitative estimate of drug-likeness (QED) is 0.713. The summed E-state index contributed by atoms with van der Waals surface area (Å²) >= 11 is 0. The molecule has 0 fully saturated rings. The zero-order valence-corrected chi connectivity index (χ0v) is 10.7. The third-order valence-electron chi connectivity index (χ3n) is 2.60. The topological polar surface area (TPSA) is 64.9 Å². The van der Waals surface area contributed by atoms with E-state index >= 15 is 0 Å². The third kappa shape index (κ3) is 5.46. The highest BCUT2D eigenvalue weighted by Crippen LogP contribution is 2.04. The van der Waals surface area contributed by atoms with Crippen molar-refractivity contribution in [2.75, 3.05) is 13.1 Å². The van der Waals surface area contributed by atoms with Crippen molar-refractivity contribution in [2.24, 2.45) is 0 Å². The monoisotopic (exact) mass is 245 g/mol. The zero-order chi connectivity index (χ0) is 13.2. The molecule has 2 N–H and O–H groups in total. The SMILES string of the molecule is CCc1ccc(CNCC(=O)NCCC#N)cc1. The van der Waals surface area contributed by atoms with E-state index in [0.717, 1.165) is 12.0 Å². The van der Waals surface area contributed by atoms with E-state index in [1.807, 2.05) is 6.07 Å². The van der Waals surface area contributed by atoms with Crippen LogP contribution in [0, 0.1) is 11.3 Å². The van der Waals surface area contributed by atoms with Crippen molar-refractivity contribution in [1.29, 1.82) is 5.26 Å². The molecule has 4 heteroatoms. The summed E-state index contributed by atoms with van der Waals surface area (Å²) in [7, 11) is 0. The molecular formula is C14H19N3O. The molecule has 0 saturated heterocycles. The van der Waals surface area contributed by atoms with Gasteiger partial charge in [0.25, 0.3) is 0 Å². The zero-order valence-electron chi connectivity index (χ0n) is 10.7. The number of benzene rings is 1. The van der Waals surface area contributed by atoms with Gasteiger partial charge in [-0.1, -0.05) is 31.2 Å². The van der Waals surface area contributed by atoms with E-state index < -0.39 is 0 Å². The molecule has 0 aliphatic heterocycles. The first-order chi connectivity index (χ1) is 8.76. The predicted molar refractivity (Wildman–Crippen MR) is 70.8 cm³/mol. The van der Waals surface area contributed by atoms with Crippen LogP contribution in [0.15, 0.2) is 24.3 Å². The van der Waals surface area contributed by atoms with Gasteiger partial charge in [-0.15, -0.1) is 0 Å². The fourth-order valence-electron chi connectivity index (χ4n) is 1.53. The Labute approximate surface area is 108 Å². The fourth-order valence-corrected chi connectivity index (χ4v) is 1.53. The van der Waals surface area contributed by atoms with E-state index in [-0.39, 0.29) is 12.5 Å². The third-order valence-corrected chi connectivity index (χ3v) is 2.60. The Hall–Kier alpha value is -1.86. The lowest BCUT2D eigenvalue weighted by Crippen LogP contribution is -2.34. The second-order valence-electron chi connectivity index (χ2n) is 4.03. The number of aryl methyl sites for hydroxylation is 1. The first kappa shape index (κ1) is 14.2. The molecule has 0 saturated carbocycles. The lowest BCUT2D eigenvalue weighted by Gasteiger charge is -2.06. The van der Waals surface area contributed by atoms with Crippen molar-refractivity contribution >= 4 is 5.91 Å². The molecule has 0 spiro atoms. The first-order valence-corrected chi connectivity index (χ1v) is 6.18. The Bertz CT molecular complexity index is 406. The normalized spacial score (nSPS) is 9.78. The van der Waals surface area contributed by atoms with Crippen molar-refractivity contribution in [3.63, 3.8) is 0 Å². The molecular weight excluding hydrogens is 226 g/mol. The Kier molecular flexibility index (Phi) is 6.52. The van der Waals surface area contributed by atoms with Gasteiger partial charge in [0.2, 0.25) is 5.91 Å². The summed E-state index contributed by atoms with van der Waals surface area (Å²) in [6.45, 7) is 3.50. The van der Waals surface area contributed by atoms with Crippen molar-refractivity contribution in [2.45, 2.75) is 26.3 Å². The van der Waals surface area contributed by atoms with Gasteiger partial charge in [0.05, 0.1) is 19.0 Å². The summed E-state index contributed by atoms with van der Waals surface area (Å²) in [4.78, 5) is 11.3. The van der Waals surface area contributed by atoms with Gasteiger partial charge in [-0.2, -0.15) is 5.26 Å². The molecule has 1 rings (SSSR count). The molecule has 0 unspecified atom stereocenters. The van der Waals surface area contributed by atoms with E-state index in [1.165, 1.54) is 5.56 Å². The van der Waals surface area contributed by atoms with Gasteiger partial charge in [-0.25, -0.2) is 0 Å².